The Bertz CT molecular complexity index is 1470. The van der Waals surface area contributed by atoms with Crippen LogP contribution in [0.15, 0.2) is 71.9 Å². The maximum atomic E-state index is 7.56. The Hall–Kier alpha value is -4.39. The number of nitrogen functional groups attached to an aromatic ring is 1. The zero-order valence-electron chi connectivity index (χ0n) is 16.9. The minimum absolute atomic E-state index is 0.0648. The van der Waals surface area contributed by atoms with Gasteiger partial charge in [0.25, 0.3) is 0 Å². The van der Waals surface area contributed by atoms with E-state index in [1.165, 1.54) is 0 Å². The van der Waals surface area contributed by atoms with Crippen molar-refractivity contribution in [1.29, 1.82) is 5.41 Å². The molecule has 7 heteroatoms. The topological polar surface area (TPSA) is 133 Å². The fourth-order valence-corrected chi connectivity index (χ4v) is 3.76. The lowest BCUT2D eigenvalue weighted by Gasteiger charge is -2.05. The van der Waals surface area contributed by atoms with Crippen LogP contribution in [0.5, 0.6) is 0 Å². The number of amidine groups is 2. The summed E-state index contributed by atoms with van der Waals surface area (Å²) in [6, 6.07) is 19.8. The minimum Gasteiger partial charge on any atom is -0.384 e. The number of hydrogen-bond acceptors (Lipinski definition) is 3. The maximum Gasteiger partial charge on any atom is 0.140 e. The third kappa shape index (κ3) is 3.22. The van der Waals surface area contributed by atoms with E-state index in [9.17, 15) is 0 Å². The maximum absolute atomic E-state index is 7.56. The van der Waals surface area contributed by atoms with Gasteiger partial charge in [-0.2, -0.15) is 0 Å². The van der Waals surface area contributed by atoms with Gasteiger partial charge in [0.1, 0.15) is 17.5 Å². The number of hydrogen-bond donors (Lipinski definition) is 5. The van der Waals surface area contributed by atoms with Gasteiger partial charge in [-0.25, -0.2) is 4.98 Å². The molecule has 152 valence electrons. The number of aromatic nitrogens is 3. The van der Waals surface area contributed by atoms with E-state index in [1.54, 1.807) is 7.05 Å². The van der Waals surface area contributed by atoms with Gasteiger partial charge in [-0.3, -0.25) is 10.4 Å². The molecular weight excluding hydrogens is 386 g/mol. The predicted molar refractivity (Wildman–Crippen MR) is 126 cm³/mol. The van der Waals surface area contributed by atoms with E-state index in [1.807, 2.05) is 48.7 Å². The summed E-state index contributed by atoms with van der Waals surface area (Å²) < 4.78 is 0. The van der Waals surface area contributed by atoms with Crippen LogP contribution >= 0.6 is 0 Å². The summed E-state index contributed by atoms with van der Waals surface area (Å²) in [5, 5.41) is 8.64. The average molecular weight is 407 g/mol. The standard InChI is InChI=1S/C24H21N7/c1-28-23(27)16-7-9-20-21(11-16)31-24(30-20)18-12-29-19-8-6-15(10-17(18)19)13-2-4-14(5-3-13)22(25)26/h2-12,29H,1H3,(H3,25,26)(H2,27,28)(H,30,31). The molecule has 0 amide bonds. The highest BCUT2D eigenvalue weighted by molar-refractivity contribution is 6.01. The van der Waals surface area contributed by atoms with E-state index in [4.69, 9.17) is 21.9 Å². The van der Waals surface area contributed by atoms with Gasteiger partial charge in [-0.1, -0.05) is 30.3 Å². The van der Waals surface area contributed by atoms with Crippen molar-refractivity contribution in [1.82, 2.24) is 15.0 Å². The van der Waals surface area contributed by atoms with Crippen LogP contribution in [-0.4, -0.2) is 33.7 Å². The zero-order chi connectivity index (χ0) is 21.5. The SMILES string of the molecule is C/N=C(/N)c1ccc2nc(-c3c[nH]c4ccc(-c5ccc(C(=N)N)cc5)cc34)[nH]c2c1. The van der Waals surface area contributed by atoms with E-state index < -0.39 is 0 Å². The number of aliphatic imine (C=N–C) groups is 1. The third-order valence-corrected chi connectivity index (χ3v) is 5.48. The van der Waals surface area contributed by atoms with Crippen molar-refractivity contribution in [3.8, 4) is 22.5 Å². The first-order chi connectivity index (χ1) is 15.0. The zero-order valence-corrected chi connectivity index (χ0v) is 16.9. The van der Waals surface area contributed by atoms with Gasteiger partial charge in [0.2, 0.25) is 0 Å². The lowest BCUT2D eigenvalue weighted by atomic mass is 10.0. The molecule has 0 saturated carbocycles. The second kappa shape index (κ2) is 7.14. The van der Waals surface area contributed by atoms with Crippen molar-refractivity contribution in [3.05, 3.63) is 78.0 Å². The van der Waals surface area contributed by atoms with Crippen molar-refractivity contribution in [2.24, 2.45) is 16.5 Å². The van der Waals surface area contributed by atoms with Crippen molar-refractivity contribution < 1.29 is 0 Å². The fourth-order valence-electron chi connectivity index (χ4n) is 3.76. The van der Waals surface area contributed by atoms with Crippen molar-refractivity contribution in [3.63, 3.8) is 0 Å². The number of aromatic amines is 2. The summed E-state index contributed by atoms with van der Waals surface area (Å²) in [5.41, 5.74) is 19.0. The first-order valence-electron chi connectivity index (χ1n) is 9.82. The number of nitrogens with one attached hydrogen (secondary N) is 3. The van der Waals surface area contributed by atoms with Crippen LogP contribution in [0.2, 0.25) is 0 Å². The quantitative estimate of drug-likeness (QED) is 0.228. The molecule has 0 aliphatic carbocycles. The van der Waals surface area contributed by atoms with Gasteiger partial charge in [0.05, 0.1) is 11.0 Å². The highest BCUT2D eigenvalue weighted by Gasteiger charge is 2.13. The molecule has 0 bridgehead atoms. The van der Waals surface area contributed by atoms with Crippen molar-refractivity contribution in [2.45, 2.75) is 0 Å². The Morgan fingerprint density at radius 3 is 2.39 bits per heavy atom. The second-order valence-electron chi connectivity index (χ2n) is 7.38. The molecule has 0 unspecified atom stereocenters. The summed E-state index contributed by atoms with van der Waals surface area (Å²) in [6.07, 6.45) is 1.97. The van der Waals surface area contributed by atoms with Crippen LogP contribution in [0.3, 0.4) is 0 Å². The highest BCUT2D eigenvalue weighted by atomic mass is 14.9. The largest absolute Gasteiger partial charge is 0.384 e. The van der Waals surface area contributed by atoms with E-state index in [-0.39, 0.29) is 5.84 Å². The van der Waals surface area contributed by atoms with E-state index in [0.717, 1.165) is 50.0 Å². The summed E-state index contributed by atoms with van der Waals surface area (Å²) in [5.74, 6) is 1.34. The minimum atomic E-state index is 0.0648. The molecule has 0 radical (unpaired) electrons. The summed E-state index contributed by atoms with van der Waals surface area (Å²) >= 11 is 0. The molecular formula is C24H21N7. The monoisotopic (exact) mass is 407 g/mol. The summed E-state index contributed by atoms with van der Waals surface area (Å²) in [7, 11) is 1.68. The molecule has 0 atom stereocenters. The highest BCUT2D eigenvalue weighted by Crippen LogP contribution is 2.32. The third-order valence-electron chi connectivity index (χ3n) is 5.48. The van der Waals surface area contributed by atoms with Crippen LogP contribution in [0.4, 0.5) is 0 Å². The van der Waals surface area contributed by atoms with Crippen molar-refractivity contribution in [2.75, 3.05) is 7.05 Å². The number of nitrogens with two attached hydrogens (primary N) is 2. The van der Waals surface area contributed by atoms with Gasteiger partial charge < -0.3 is 21.4 Å². The number of benzene rings is 3. The van der Waals surface area contributed by atoms with Gasteiger partial charge in [0, 0.05) is 40.8 Å². The van der Waals surface area contributed by atoms with Crippen LogP contribution in [0.25, 0.3) is 44.5 Å². The van der Waals surface area contributed by atoms with Gasteiger partial charge in [-0.05, 0) is 41.5 Å². The summed E-state index contributed by atoms with van der Waals surface area (Å²) in [6.45, 7) is 0. The van der Waals surface area contributed by atoms with E-state index in [2.05, 4.69) is 33.2 Å². The first-order valence-corrected chi connectivity index (χ1v) is 9.82. The Morgan fingerprint density at radius 2 is 1.65 bits per heavy atom. The molecule has 0 aliphatic heterocycles. The average Bonchev–Trinajstić information content (AvgIpc) is 3.41. The normalized spacial score (nSPS) is 12.0. The van der Waals surface area contributed by atoms with E-state index >= 15 is 0 Å². The number of nitrogens with zero attached hydrogens (tertiary/aromatic N) is 2. The number of imidazole rings is 1. The van der Waals surface area contributed by atoms with Crippen LogP contribution in [0.1, 0.15) is 11.1 Å². The van der Waals surface area contributed by atoms with Gasteiger partial charge in [-0.15, -0.1) is 0 Å². The van der Waals surface area contributed by atoms with Gasteiger partial charge >= 0.3 is 0 Å². The molecule has 0 fully saturated rings. The number of fused-ring (bicyclic) bond motifs is 2. The Balaban J connectivity index is 1.59. The molecule has 0 spiro atoms. The predicted octanol–water partition coefficient (Wildman–Crippen LogP) is 4.00. The number of rotatable bonds is 4. The molecule has 2 heterocycles. The lowest BCUT2D eigenvalue weighted by Crippen LogP contribution is -2.12. The molecule has 7 nitrogen and oxygen atoms in total. The first kappa shape index (κ1) is 18.6. The molecule has 0 saturated heterocycles. The molecule has 3 aromatic carbocycles. The van der Waals surface area contributed by atoms with Crippen LogP contribution in [-0.2, 0) is 0 Å². The van der Waals surface area contributed by atoms with Crippen molar-refractivity contribution >= 4 is 33.6 Å². The molecule has 5 rings (SSSR count). The smallest absolute Gasteiger partial charge is 0.140 e. The lowest BCUT2D eigenvalue weighted by molar-refractivity contribution is 1.34. The Kier molecular flexibility index (Phi) is 4.29. The van der Waals surface area contributed by atoms with E-state index in [0.29, 0.717) is 11.4 Å². The second-order valence-corrected chi connectivity index (χ2v) is 7.38. The molecule has 5 aromatic rings. The molecule has 7 N–H and O–H groups in total. The fraction of sp³-hybridized carbons (Fsp3) is 0.0417. The molecule has 2 aromatic heterocycles. The Morgan fingerprint density at radius 1 is 0.903 bits per heavy atom. The van der Waals surface area contributed by atoms with Crippen LogP contribution < -0.4 is 11.5 Å². The van der Waals surface area contributed by atoms with Crippen LogP contribution in [0, 0.1) is 5.41 Å². The number of H-pyrrole nitrogens is 2. The molecule has 0 aliphatic rings. The molecule has 31 heavy (non-hydrogen) atoms. The van der Waals surface area contributed by atoms with Gasteiger partial charge in [0.15, 0.2) is 0 Å². The summed E-state index contributed by atoms with van der Waals surface area (Å²) in [4.78, 5) is 15.6. The Labute approximate surface area is 178 Å².